The van der Waals surface area contributed by atoms with E-state index in [9.17, 15) is 19.2 Å². The Balaban J connectivity index is 1.84. The van der Waals surface area contributed by atoms with E-state index in [1.54, 1.807) is 6.07 Å². The third-order valence-electron chi connectivity index (χ3n) is 4.29. The highest BCUT2D eigenvalue weighted by Gasteiger charge is 2.23. The number of aromatic amines is 1. The predicted molar refractivity (Wildman–Crippen MR) is 102 cm³/mol. The summed E-state index contributed by atoms with van der Waals surface area (Å²) in [6, 6.07) is 8.80. The molecule has 1 aliphatic rings. The number of carbonyl (C=O) groups excluding carboxylic acids is 1. The molecule has 0 radical (unpaired) electrons. The van der Waals surface area contributed by atoms with Crippen LogP contribution in [0.1, 0.15) is 11.3 Å². The molecular weight excluding hydrogens is 385 g/mol. The number of hydrogen-bond acceptors (Lipinski definition) is 5. The maximum absolute atomic E-state index is 14.2. The van der Waals surface area contributed by atoms with Gasteiger partial charge in [0.2, 0.25) is 5.91 Å². The van der Waals surface area contributed by atoms with E-state index in [1.807, 2.05) is 6.07 Å². The smallest absolute Gasteiger partial charge is 0.257 e. The molecule has 28 heavy (non-hydrogen) atoms. The van der Waals surface area contributed by atoms with Crippen molar-refractivity contribution in [3.63, 3.8) is 0 Å². The first-order chi connectivity index (χ1) is 13.5. The monoisotopic (exact) mass is 395 g/mol. The summed E-state index contributed by atoms with van der Waals surface area (Å²) >= 11 is 5.93. The van der Waals surface area contributed by atoms with Gasteiger partial charge in [-0.15, -0.1) is 0 Å². The Kier molecular flexibility index (Phi) is 4.29. The zero-order valence-electron chi connectivity index (χ0n) is 14.1. The molecule has 0 unspecified atom stereocenters. The molecule has 138 valence electrons. The van der Waals surface area contributed by atoms with Crippen LogP contribution in [0.25, 0.3) is 11.1 Å². The molecule has 0 saturated heterocycles. The lowest BCUT2D eigenvalue weighted by atomic mass is 10.1. The lowest BCUT2D eigenvalue weighted by Crippen LogP contribution is -2.13. The van der Waals surface area contributed by atoms with Crippen molar-refractivity contribution < 1.29 is 9.18 Å². The molecule has 0 aliphatic carbocycles. The fourth-order valence-corrected chi connectivity index (χ4v) is 3.17. The Hall–Kier alpha value is -3.70. The second-order valence-electron chi connectivity index (χ2n) is 6.07. The summed E-state index contributed by atoms with van der Waals surface area (Å²) < 4.78 is 14.2. The molecule has 9 heteroatoms. The Morgan fingerprint density at radius 3 is 2.79 bits per heavy atom. The molecule has 1 amide bonds. The van der Waals surface area contributed by atoms with Gasteiger partial charge in [0.25, 0.3) is 5.56 Å². The number of nitrogens with zero attached hydrogens (tertiary/aromatic N) is 2. The van der Waals surface area contributed by atoms with E-state index in [0.717, 1.165) is 6.07 Å². The number of fused-ring (bicyclic) bond motifs is 1. The minimum absolute atomic E-state index is 0.0121. The number of amides is 1. The predicted octanol–water partition coefficient (Wildman–Crippen LogP) is 3.34. The summed E-state index contributed by atoms with van der Waals surface area (Å²) in [5, 5.41) is 15.3. The second-order valence-corrected chi connectivity index (χ2v) is 6.51. The van der Waals surface area contributed by atoms with Crippen LogP contribution in [-0.4, -0.2) is 15.9 Å². The standard InChI is InChI=1S/C19H11ClFN5O2/c20-9-1-2-13(21)10(5-9)11-6-15(16(8-22)25-19(11)28)24-14-3-4-23-18-12(14)7-17(27)26-18/h1-6H,7H2,(H,25,28)(H2,23,24,26,27). The topological polar surface area (TPSA) is 111 Å². The highest BCUT2D eigenvalue weighted by molar-refractivity contribution is 6.30. The van der Waals surface area contributed by atoms with Crippen LogP contribution in [0.3, 0.4) is 0 Å². The highest BCUT2D eigenvalue weighted by atomic mass is 35.5. The molecule has 0 fully saturated rings. The highest BCUT2D eigenvalue weighted by Crippen LogP contribution is 2.32. The van der Waals surface area contributed by atoms with Crippen molar-refractivity contribution in [2.24, 2.45) is 0 Å². The number of nitrogens with one attached hydrogen (secondary N) is 3. The van der Waals surface area contributed by atoms with Gasteiger partial charge in [0, 0.05) is 28.0 Å². The molecule has 0 atom stereocenters. The van der Waals surface area contributed by atoms with Crippen LogP contribution in [0.15, 0.2) is 41.3 Å². The van der Waals surface area contributed by atoms with Gasteiger partial charge >= 0.3 is 0 Å². The summed E-state index contributed by atoms with van der Waals surface area (Å²) in [5.41, 5.74) is 0.810. The van der Waals surface area contributed by atoms with E-state index in [-0.39, 0.29) is 39.9 Å². The molecular formula is C19H11ClFN5O2. The summed E-state index contributed by atoms with van der Waals surface area (Å²) in [6.07, 6.45) is 1.63. The van der Waals surface area contributed by atoms with Crippen molar-refractivity contribution >= 4 is 34.7 Å². The van der Waals surface area contributed by atoms with Gasteiger partial charge in [0.1, 0.15) is 23.4 Å². The number of rotatable bonds is 3. The molecule has 1 aliphatic heterocycles. The van der Waals surface area contributed by atoms with Crippen LogP contribution < -0.4 is 16.2 Å². The quantitative estimate of drug-likeness (QED) is 0.630. The first kappa shape index (κ1) is 17.7. The maximum Gasteiger partial charge on any atom is 0.257 e. The number of hydrogen-bond donors (Lipinski definition) is 3. The van der Waals surface area contributed by atoms with E-state index in [0.29, 0.717) is 17.1 Å². The number of aromatic nitrogens is 2. The molecule has 3 N–H and O–H groups in total. The number of benzene rings is 1. The number of pyridine rings is 2. The van der Waals surface area contributed by atoms with E-state index in [1.165, 1.54) is 24.4 Å². The van der Waals surface area contributed by atoms with Crippen LogP contribution in [-0.2, 0) is 11.2 Å². The summed E-state index contributed by atoms with van der Waals surface area (Å²) in [7, 11) is 0. The summed E-state index contributed by atoms with van der Waals surface area (Å²) in [6.45, 7) is 0. The Morgan fingerprint density at radius 1 is 1.18 bits per heavy atom. The van der Waals surface area contributed by atoms with Gasteiger partial charge < -0.3 is 15.6 Å². The molecule has 0 bridgehead atoms. The van der Waals surface area contributed by atoms with Crippen LogP contribution in [0.4, 0.5) is 21.6 Å². The zero-order valence-corrected chi connectivity index (χ0v) is 14.9. The lowest BCUT2D eigenvalue weighted by molar-refractivity contribution is -0.115. The number of carbonyl (C=O) groups is 1. The van der Waals surface area contributed by atoms with Crippen molar-refractivity contribution in [3.8, 4) is 17.2 Å². The van der Waals surface area contributed by atoms with Crippen molar-refractivity contribution in [1.82, 2.24) is 9.97 Å². The third-order valence-corrected chi connectivity index (χ3v) is 4.53. The summed E-state index contributed by atoms with van der Waals surface area (Å²) in [5.74, 6) is -0.385. The van der Waals surface area contributed by atoms with Gasteiger partial charge in [0.05, 0.1) is 17.7 Å². The molecule has 2 aromatic heterocycles. The summed E-state index contributed by atoms with van der Waals surface area (Å²) in [4.78, 5) is 30.6. The second kappa shape index (κ2) is 6.79. The number of halogens is 2. The lowest BCUT2D eigenvalue weighted by Gasteiger charge is -2.13. The van der Waals surface area contributed by atoms with E-state index in [4.69, 9.17) is 11.6 Å². The molecule has 7 nitrogen and oxygen atoms in total. The largest absolute Gasteiger partial charge is 0.353 e. The number of H-pyrrole nitrogens is 1. The van der Waals surface area contributed by atoms with Crippen LogP contribution in [0.2, 0.25) is 5.02 Å². The normalized spacial score (nSPS) is 12.2. The molecule has 4 rings (SSSR count). The molecule has 0 saturated carbocycles. The van der Waals surface area contributed by atoms with E-state index < -0.39 is 11.4 Å². The molecule has 3 heterocycles. The van der Waals surface area contributed by atoms with Crippen molar-refractivity contribution in [2.75, 3.05) is 10.6 Å². The minimum Gasteiger partial charge on any atom is -0.353 e. The van der Waals surface area contributed by atoms with Gasteiger partial charge in [-0.25, -0.2) is 9.37 Å². The average molecular weight is 396 g/mol. The van der Waals surface area contributed by atoms with Crippen molar-refractivity contribution in [2.45, 2.75) is 6.42 Å². The number of nitriles is 1. The fourth-order valence-electron chi connectivity index (χ4n) is 3.00. The zero-order chi connectivity index (χ0) is 19.8. The Labute approximate surface area is 162 Å². The molecule has 0 spiro atoms. The SMILES string of the molecule is N#Cc1[nH]c(=O)c(-c2cc(Cl)ccc2F)cc1Nc1ccnc2c1CC(=O)N2. The Morgan fingerprint density at radius 2 is 2.00 bits per heavy atom. The van der Waals surface area contributed by atoms with Gasteiger partial charge in [-0.2, -0.15) is 5.26 Å². The van der Waals surface area contributed by atoms with Gasteiger partial charge in [-0.3, -0.25) is 9.59 Å². The molecule has 3 aromatic rings. The van der Waals surface area contributed by atoms with Crippen LogP contribution in [0.5, 0.6) is 0 Å². The van der Waals surface area contributed by atoms with Gasteiger partial charge in [-0.05, 0) is 30.3 Å². The average Bonchev–Trinajstić information content (AvgIpc) is 3.06. The van der Waals surface area contributed by atoms with E-state index >= 15 is 0 Å². The van der Waals surface area contributed by atoms with Crippen LogP contribution >= 0.6 is 11.6 Å². The fraction of sp³-hybridized carbons (Fsp3) is 0.0526. The van der Waals surface area contributed by atoms with Gasteiger partial charge in [-0.1, -0.05) is 11.6 Å². The maximum atomic E-state index is 14.2. The molecule has 1 aromatic carbocycles. The first-order valence-electron chi connectivity index (χ1n) is 8.14. The van der Waals surface area contributed by atoms with Crippen LogP contribution in [0, 0.1) is 17.1 Å². The Bertz CT molecular complexity index is 1230. The first-order valence-corrected chi connectivity index (χ1v) is 8.51. The number of anilines is 3. The third kappa shape index (κ3) is 3.08. The van der Waals surface area contributed by atoms with Crippen molar-refractivity contribution in [3.05, 3.63) is 69.0 Å². The minimum atomic E-state index is -0.625. The van der Waals surface area contributed by atoms with Crippen molar-refractivity contribution in [1.29, 1.82) is 5.26 Å². The van der Waals surface area contributed by atoms with Gasteiger partial charge in [0.15, 0.2) is 0 Å². The van der Waals surface area contributed by atoms with E-state index in [2.05, 4.69) is 20.6 Å².